The lowest BCUT2D eigenvalue weighted by atomic mass is 9.93. The van der Waals surface area contributed by atoms with Gasteiger partial charge in [-0.15, -0.1) is 0 Å². The second kappa shape index (κ2) is 5.82. The molecule has 1 aliphatic heterocycles. The minimum Gasteiger partial charge on any atom is -0.342 e. The van der Waals surface area contributed by atoms with Gasteiger partial charge in [-0.2, -0.15) is 11.8 Å². The van der Waals surface area contributed by atoms with Crippen LogP contribution in [0.25, 0.3) is 0 Å². The lowest BCUT2D eigenvalue weighted by Crippen LogP contribution is -2.67. The first-order valence-electron chi connectivity index (χ1n) is 8.18. The Hall–Kier alpha value is -0.710. The van der Waals surface area contributed by atoms with Gasteiger partial charge in [-0.3, -0.25) is 9.59 Å². The van der Waals surface area contributed by atoms with Crippen molar-refractivity contribution in [1.82, 2.24) is 10.2 Å². The van der Waals surface area contributed by atoms with E-state index in [2.05, 4.69) is 11.6 Å². The number of hydrogen-bond donors (Lipinski definition) is 1. The van der Waals surface area contributed by atoms with Gasteiger partial charge in [0.15, 0.2) is 0 Å². The van der Waals surface area contributed by atoms with Gasteiger partial charge in [0, 0.05) is 11.3 Å². The van der Waals surface area contributed by atoms with Gasteiger partial charge in [0.05, 0.1) is 0 Å². The van der Waals surface area contributed by atoms with E-state index in [1.54, 1.807) is 0 Å². The van der Waals surface area contributed by atoms with Gasteiger partial charge in [-0.1, -0.05) is 13.8 Å². The normalized spacial score (nSPS) is 37.2. The van der Waals surface area contributed by atoms with E-state index in [0.29, 0.717) is 11.2 Å². The van der Waals surface area contributed by atoms with Crippen LogP contribution >= 0.6 is 11.8 Å². The van der Waals surface area contributed by atoms with Crippen LogP contribution in [0.1, 0.15) is 46.0 Å². The van der Waals surface area contributed by atoms with Crippen molar-refractivity contribution in [2.75, 3.05) is 6.26 Å². The first-order valence-corrected chi connectivity index (χ1v) is 9.47. The van der Waals surface area contributed by atoms with Crippen LogP contribution in [0.15, 0.2) is 0 Å². The first-order chi connectivity index (χ1) is 10.0. The number of rotatable bonds is 4. The van der Waals surface area contributed by atoms with Crippen LogP contribution in [0.3, 0.4) is 0 Å². The molecule has 2 saturated carbocycles. The minimum absolute atomic E-state index is 0.0640. The Kier molecular flexibility index (Phi) is 4.21. The molecule has 4 nitrogen and oxygen atoms in total. The second-order valence-corrected chi connectivity index (χ2v) is 8.22. The number of amides is 2. The SMILES string of the molecule is CSC1CCC(N2C(=O)C(C3CC3)NC(=O)C2C(C)C)C1. The maximum absolute atomic E-state index is 13.0. The smallest absolute Gasteiger partial charge is 0.246 e. The number of piperazine rings is 1. The molecule has 2 amide bonds. The number of thioether (sulfide) groups is 1. The van der Waals surface area contributed by atoms with Gasteiger partial charge in [-0.05, 0) is 50.2 Å². The van der Waals surface area contributed by atoms with Crippen LogP contribution in [0.5, 0.6) is 0 Å². The molecule has 1 heterocycles. The Bertz CT molecular complexity index is 436. The van der Waals surface area contributed by atoms with Crippen molar-refractivity contribution in [2.24, 2.45) is 11.8 Å². The molecular formula is C16H26N2O2S. The number of nitrogens with zero attached hydrogens (tertiary/aromatic N) is 1. The largest absolute Gasteiger partial charge is 0.342 e. The molecule has 21 heavy (non-hydrogen) atoms. The third kappa shape index (κ3) is 2.81. The molecule has 4 unspecified atom stereocenters. The third-order valence-corrected chi connectivity index (χ3v) is 6.29. The average Bonchev–Trinajstić information content (AvgIpc) is 3.17. The molecule has 0 radical (unpaired) electrons. The number of carbonyl (C=O) groups excluding carboxylic acids is 2. The van der Waals surface area contributed by atoms with Gasteiger partial charge in [0.2, 0.25) is 11.8 Å². The number of carbonyl (C=O) groups is 2. The summed E-state index contributed by atoms with van der Waals surface area (Å²) in [7, 11) is 0. The summed E-state index contributed by atoms with van der Waals surface area (Å²) in [4.78, 5) is 27.5. The summed E-state index contributed by atoms with van der Waals surface area (Å²) in [6.07, 6.45) is 7.55. The fourth-order valence-corrected chi connectivity index (χ4v) is 4.68. The molecule has 3 rings (SSSR count). The zero-order chi connectivity index (χ0) is 15.1. The van der Waals surface area contributed by atoms with E-state index < -0.39 is 0 Å². The fourth-order valence-electron chi connectivity index (χ4n) is 3.89. The Morgan fingerprint density at radius 1 is 1.19 bits per heavy atom. The highest BCUT2D eigenvalue weighted by Gasteiger charge is 2.50. The van der Waals surface area contributed by atoms with Crippen LogP contribution in [-0.2, 0) is 9.59 Å². The van der Waals surface area contributed by atoms with Crippen LogP contribution in [-0.4, -0.2) is 46.3 Å². The van der Waals surface area contributed by atoms with Crippen molar-refractivity contribution in [1.29, 1.82) is 0 Å². The van der Waals surface area contributed by atoms with Gasteiger partial charge in [0.1, 0.15) is 12.1 Å². The van der Waals surface area contributed by atoms with Gasteiger partial charge in [0.25, 0.3) is 0 Å². The van der Waals surface area contributed by atoms with Crippen molar-refractivity contribution < 1.29 is 9.59 Å². The van der Waals surface area contributed by atoms with Crippen LogP contribution in [0.4, 0.5) is 0 Å². The van der Waals surface area contributed by atoms with Crippen LogP contribution < -0.4 is 5.32 Å². The van der Waals surface area contributed by atoms with Crippen molar-refractivity contribution in [2.45, 2.75) is 69.3 Å². The average molecular weight is 310 g/mol. The quantitative estimate of drug-likeness (QED) is 0.864. The van der Waals surface area contributed by atoms with Crippen molar-refractivity contribution in [3.05, 3.63) is 0 Å². The lowest BCUT2D eigenvalue weighted by Gasteiger charge is -2.44. The topological polar surface area (TPSA) is 49.4 Å². The highest BCUT2D eigenvalue weighted by atomic mass is 32.2. The van der Waals surface area contributed by atoms with E-state index in [-0.39, 0.29) is 35.9 Å². The van der Waals surface area contributed by atoms with E-state index in [1.165, 1.54) is 0 Å². The van der Waals surface area contributed by atoms with Crippen molar-refractivity contribution in [3.63, 3.8) is 0 Å². The molecule has 1 N–H and O–H groups in total. The van der Waals surface area contributed by atoms with Crippen molar-refractivity contribution in [3.8, 4) is 0 Å². The molecule has 4 atom stereocenters. The lowest BCUT2D eigenvalue weighted by molar-refractivity contribution is -0.154. The molecule has 118 valence electrons. The summed E-state index contributed by atoms with van der Waals surface area (Å²) < 4.78 is 0. The highest BCUT2D eigenvalue weighted by molar-refractivity contribution is 7.99. The molecule has 0 bridgehead atoms. The number of hydrogen-bond acceptors (Lipinski definition) is 3. The summed E-state index contributed by atoms with van der Waals surface area (Å²) in [6.45, 7) is 4.09. The Morgan fingerprint density at radius 3 is 2.43 bits per heavy atom. The third-order valence-electron chi connectivity index (χ3n) is 5.20. The summed E-state index contributed by atoms with van der Waals surface area (Å²) in [5.74, 6) is 0.800. The molecule has 5 heteroatoms. The second-order valence-electron chi connectivity index (χ2n) is 7.08. The van der Waals surface area contributed by atoms with Crippen LogP contribution in [0.2, 0.25) is 0 Å². The van der Waals surface area contributed by atoms with E-state index in [0.717, 1.165) is 32.1 Å². The first kappa shape index (κ1) is 15.2. The highest BCUT2D eigenvalue weighted by Crippen LogP contribution is 2.39. The van der Waals surface area contributed by atoms with E-state index >= 15 is 0 Å². The summed E-state index contributed by atoms with van der Waals surface area (Å²) in [6, 6.07) is -0.270. The van der Waals surface area contributed by atoms with Crippen molar-refractivity contribution >= 4 is 23.6 Å². The standard InChI is InChI=1S/C16H26N2O2S/c1-9(2)14-15(19)17-13(10-4-5-10)16(20)18(14)11-6-7-12(8-11)21-3/h9-14H,4-8H2,1-3H3,(H,17,19). The van der Waals surface area contributed by atoms with Gasteiger partial charge >= 0.3 is 0 Å². The Labute approximate surface area is 131 Å². The Morgan fingerprint density at radius 2 is 1.90 bits per heavy atom. The van der Waals surface area contributed by atoms with E-state index in [9.17, 15) is 9.59 Å². The van der Waals surface area contributed by atoms with E-state index in [4.69, 9.17) is 0 Å². The summed E-state index contributed by atoms with van der Waals surface area (Å²) >= 11 is 1.89. The summed E-state index contributed by atoms with van der Waals surface area (Å²) in [5, 5.41) is 3.64. The van der Waals surface area contributed by atoms with E-state index in [1.807, 2.05) is 30.5 Å². The number of nitrogens with one attached hydrogen (secondary N) is 1. The molecule has 0 spiro atoms. The maximum atomic E-state index is 13.0. The zero-order valence-corrected chi connectivity index (χ0v) is 14.0. The molecule has 3 aliphatic rings. The minimum atomic E-state index is -0.280. The predicted octanol–water partition coefficient (Wildman–Crippen LogP) is 2.03. The Balaban J connectivity index is 1.83. The molecule has 2 aliphatic carbocycles. The monoisotopic (exact) mass is 310 g/mol. The van der Waals surface area contributed by atoms with Crippen LogP contribution in [0, 0.1) is 11.8 Å². The fraction of sp³-hybridized carbons (Fsp3) is 0.875. The molecule has 0 aromatic heterocycles. The van der Waals surface area contributed by atoms with Gasteiger partial charge < -0.3 is 10.2 Å². The molecule has 1 saturated heterocycles. The molecule has 0 aromatic rings. The zero-order valence-electron chi connectivity index (χ0n) is 13.2. The van der Waals surface area contributed by atoms with Gasteiger partial charge in [-0.25, -0.2) is 0 Å². The molecule has 0 aromatic carbocycles. The summed E-state index contributed by atoms with van der Waals surface area (Å²) in [5.41, 5.74) is 0. The predicted molar refractivity (Wildman–Crippen MR) is 85.1 cm³/mol. The maximum Gasteiger partial charge on any atom is 0.246 e. The molecule has 3 fully saturated rings. The molecular weight excluding hydrogens is 284 g/mol.